The Morgan fingerprint density at radius 3 is 3.00 bits per heavy atom. The molecular weight excluding hydrogens is 352 g/mol. The van der Waals surface area contributed by atoms with E-state index in [-0.39, 0.29) is 5.91 Å². The molecule has 7 nitrogen and oxygen atoms in total. The van der Waals surface area contributed by atoms with E-state index >= 15 is 0 Å². The molecule has 1 amide bonds. The van der Waals surface area contributed by atoms with Gasteiger partial charge in [-0.3, -0.25) is 15.1 Å². The fourth-order valence-corrected chi connectivity index (χ4v) is 3.40. The van der Waals surface area contributed by atoms with Gasteiger partial charge in [-0.15, -0.1) is 5.10 Å². The van der Waals surface area contributed by atoms with E-state index in [4.69, 9.17) is 9.47 Å². The van der Waals surface area contributed by atoms with Crippen LogP contribution in [0.1, 0.15) is 21.6 Å². The lowest BCUT2D eigenvalue weighted by atomic mass is 9.97. The highest BCUT2D eigenvalue weighted by molar-refractivity contribution is 7.17. The first-order valence-corrected chi connectivity index (χ1v) is 8.87. The average Bonchev–Trinajstić information content (AvgIpc) is 3.29. The van der Waals surface area contributed by atoms with Crippen molar-refractivity contribution in [3.05, 3.63) is 47.3 Å². The maximum absolute atomic E-state index is 12.8. The van der Waals surface area contributed by atoms with E-state index in [1.807, 2.05) is 25.1 Å². The van der Waals surface area contributed by atoms with Gasteiger partial charge >= 0.3 is 0 Å². The number of aryl methyl sites for hydroxylation is 1. The Balaban J connectivity index is 1.69. The smallest absolute Gasteiger partial charge is 0.295 e. The number of methoxy groups -OCH3 is 1. The summed E-state index contributed by atoms with van der Waals surface area (Å²) >= 11 is 1.16. The van der Waals surface area contributed by atoms with Crippen LogP contribution >= 0.6 is 11.3 Å². The van der Waals surface area contributed by atoms with Crippen LogP contribution in [0, 0.1) is 6.92 Å². The largest absolute Gasteiger partial charge is 0.493 e. The molecule has 1 N–H and O–H groups in total. The van der Waals surface area contributed by atoms with Gasteiger partial charge in [-0.1, -0.05) is 11.2 Å². The van der Waals surface area contributed by atoms with Gasteiger partial charge in [0.15, 0.2) is 0 Å². The Hall–Kier alpha value is -3.00. The van der Waals surface area contributed by atoms with Gasteiger partial charge in [0.2, 0.25) is 5.13 Å². The topological polar surface area (TPSA) is 86.2 Å². The lowest BCUT2D eigenvalue weighted by molar-refractivity contribution is 0.102. The third-order valence-corrected chi connectivity index (χ3v) is 4.89. The number of fused-ring (bicyclic) bond motifs is 1. The van der Waals surface area contributed by atoms with E-state index in [1.54, 1.807) is 6.20 Å². The summed E-state index contributed by atoms with van der Waals surface area (Å²) in [6.07, 6.45) is 2.46. The van der Waals surface area contributed by atoms with Gasteiger partial charge in [0.1, 0.15) is 5.75 Å². The molecule has 0 spiro atoms. The van der Waals surface area contributed by atoms with Crippen molar-refractivity contribution in [2.75, 3.05) is 19.0 Å². The van der Waals surface area contributed by atoms with Crippen molar-refractivity contribution in [2.45, 2.75) is 13.3 Å². The van der Waals surface area contributed by atoms with Crippen molar-refractivity contribution in [3.8, 4) is 22.1 Å². The highest BCUT2D eigenvalue weighted by Gasteiger charge is 2.19. The summed E-state index contributed by atoms with van der Waals surface area (Å²) in [6.45, 7) is 2.59. The molecule has 3 heterocycles. The molecule has 4 rings (SSSR count). The Labute approximate surface area is 154 Å². The predicted octanol–water partition coefficient (Wildman–Crippen LogP) is 3.10. The quantitative estimate of drug-likeness (QED) is 0.761. The molecule has 2 aromatic heterocycles. The number of carbonyl (C=O) groups excluding carboxylic acids is 1. The molecule has 1 aromatic carbocycles. The number of hydrogen-bond acceptors (Lipinski definition) is 7. The summed E-state index contributed by atoms with van der Waals surface area (Å²) in [7, 11) is 1.51. The monoisotopic (exact) mass is 368 g/mol. The maximum atomic E-state index is 12.8. The SMILES string of the molecule is COc1nnc(NC(=O)c2cnc(C)cc2-c2ccc3c(c2)CCO3)s1. The molecule has 1 aliphatic rings. The second-order valence-corrected chi connectivity index (χ2v) is 6.76. The third-order valence-electron chi connectivity index (χ3n) is 4.09. The van der Waals surface area contributed by atoms with Crippen LogP contribution in [0.5, 0.6) is 10.9 Å². The van der Waals surface area contributed by atoms with Crippen LogP contribution in [0.25, 0.3) is 11.1 Å². The first-order chi connectivity index (χ1) is 12.6. The number of ether oxygens (including phenoxy) is 2. The normalized spacial score (nSPS) is 12.4. The summed E-state index contributed by atoms with van der Waals surface area (Å²) in [5.41, 5.74) is 4.24. The van der Waals surface area contributed by atoms with Crippen LogP contribution in [0.4, 0.5) is 5.13 Å². The number of nitrogens with zero attached hydrogens (tertiary/aromatic N) is 3. The van der Waals surface area contributed by atoms with E-state index in [9.17, 15) is 4.79 Å². The standard InChI is InChI=1S/C18H16N4O3S/c1-10-7-13(11-3-4-15-12(8-11)5-6-25-15)14(9-19-10)16(23)20-17-21-22-18(24-2)26-17/h3-4,7-9H,5-6H2,1-2H3,(H,20,21,23). The first kappa shape index (κ1) is 16.5. The first-order valence-electron chi connectivity index (χ1n) is 8.05. The Bertz CT molecular complexity index is 986. The van der Waals surface area contributed by atoms with Gasteiger partial charge < -0.3 is 9.47 Å². The minimum atomic E-state index is -0.289. The van der Waals surface area contributed by atoms with E-state index in [2.05, 4.69) is 26.6 Å². The van der Waals surface area contributed by atoms with Crippen molar-refractivity contribution >= 4 is 22.4 Å². The third kappa shape index (κ3) is 3.11. The Kier molecular flexibility index (Phi) is 4.26. The molecule has 0 saturated carbocycles. The van der Waals surface area contributed by atoms with Gasteiger partial charge in [-0.2, -0.15) is 0 Å². The minimum Gasteiger partial charge on any atom is -0.493 e. The number of rotatable bonds is 4. The number of anilines is 1. The van der Waals surface area contributed by atoms with E-state index in [0.717, 1.165) is 45.9 Å². The summed E-state index contributed by atoms with van der Waals surface area (Å²) in [6, 6.07) is 7.89. The van der Waals surface area contributed by atoms with Crippen LogP contribution in [0.15, 0.2) is 30.5 Å². The Morgan fingerprint density at radius 2 is 2.19 bits per heavy atom. The predicted molar refractivity (Wildman–Crippen MR) is 98.0 cm³/mol. The van der Waals surface area contributed by atoms with Crippen LogP contribution in [0.3, 0.4) is 0 Å². The molecule has 0 fully saturated rings. The fraction of sp³-hybridized carbons (Fsp3) is 0.222. The summed E-state index contributed by atoms with van der Waals surface area (Å²) in [5, 5.41) is 11.2. The van der Waals surface area contributed by atoms with Crippen molar-refractivity contribution in [2.24, 2.45) is 0 Å². The molecule has 3 aromatic rings. The van der Waals surface area contributed by atoms with Gasteiger partial charge in [-0.05, 0) is 53.1 Å². The summed E-state index contributed by atoms with van der Waals surface area (Å²) < 4.78 is 10.6. The highest BCUT2D eigenvalue weighted by Crippen LogP contribution is 2.32. The molecule has 1 aliphatic heterocycles. The highest BCUT2D eigenvalue weighted by atomic mass is 32.1. The minimum absolute atomic E-state index is 0.289. The van der Waals surface area contributed by atoms with Crippen molar-refractivity contribution in [1.82, 2.24) is 15.2 Å². The second-order valence-electron chi connectivity index (χ2n) is 5.82. The molecule has 0 aliphatic carbocycles. The molecule has 0 bridgehead atoms. The molecule has 0 atom stereocenters. The Morgan fingerprint density at radius 1 is 1.31 bits per heavy atom. The summed E-state index contributed by atoms with van der Waals surface area (Å²) in [4.78, 5) is 17.1. The number of aromatic nitrogens is 3. The lowest BCUT2D eigenvalue weighted by Gasteiger charge is -2.11. The number of benzene rings is 1. The number of hydrogen-bond donors (Lipinski definition) is 1. The van der Waals surface area contributed by atoms with E-state index < -0.39 is 0 Å². The molecule has 0 saturated heterocycles. The fourth-order valence-electron chi connectivity index (χ4n) is 2.84. The number of pyridine rings is 1. The molecule has 132 valence electrons. The summed E-state index contributed by atoms with van der Waals surface area (Å²) in [5.74, 6) is 0.620. The number of amides is 1. The van der Waals surface area contributed by atoms with Crippen molar-refractivity contribution < 1.29 is 14.3 Å². The zero-order chi connectivity index (χ0) is 18.1. The number of carbonyl (C=O) groups is 1. The van der Waals surface area contributed by atoms with Crippen molar-refractivity contribution in [3.63, 3.8) is 0 Å². The maximum Gasteiger partial charge on any atom is 0.295 e. The number of nitrogens with one attached hydrogen (secondary N) is 1. The zero-order valence-electron chi connectivity index (χ0n) is 14.3. The average molecular weight is 368 g/mol. The van der Waals surface area contributed by atoms with Crippen molar-refractivity contribution in [1.29, 1.82) is 0 Å². The molecular formula is C18H16N4O3S. The van der Waals surface area contributed by atoms with Crippen LogP contribution in [0.2, 0.25) is 0 Å². The zero-order valence-corrected chi connectivity index (χ0v) is 15.1. The van der Waals surface area contributed by atoms with Gasteiger partial charge in [0, 0.05) is 18.3 Å². The van der Waals surface area contributed by atoms with E-state index in [1.165, 1.54) is 7.11 Å². The molecule has 0 unspecified atom stereocenters. The second kappa shape index (κ2) is 6.72. The molecule has 0 radical (unpaired) electrons. The molecule has 26 heavy (non-hydrogen) atoms. The van der Waals surface area contributed by atoms with Crippen LogP contribution in [-0.4, -0.2) is 34.8 Å². The lowest BCUT2D eigenvalue weighted by Crippen LogP contribution is -2.14. The van der Waals surface area contributed by atoms with Crippen LogP contribution < -0.4 is 14.8 Å². The van der Waals surface area contributed by atoms with Crippen LogP contribution in [-0.2, 0) is 6.42 Å². The van der Waals surface area contributed by atoms with Gasteiger partial charge in [-0.25, -0.2) is 0 Å². The van der Waals surface area contributed by atoms with Gasteiger partial charge in [0.05, 0.1) is 19.3 Å². The van der Waals surface area contributed by atoms with Gasteiger partial charge in [0.25, 0.3) is 11.1 Å². The molecule has 8 heteroatoms. The van der Waals surface area contributed by atoms with E-state index in [0.29, 0.717) is 22.5 Å².